The third kappa shape index (κ3) is 3.68. The number of piperidine rings is 1. The van der Waals surface area contributed by atoms with Crippen molar-refractivity contribution in [3.05, 3.63) is 53.5 Å². The standard InChI is InChI=1S/C22H28N4O/c1-3-7-19-23-16(2)14-20(24-19)26-12-10-22(11-13-26)15-18(21(27)25-22)17-8-5-4-6-9-17/h4-6,8-9,14,18H,3,7,10-13,15H2,1-2H3,(H,25,27). The van der Waals surface area contributed by atoms with E-state index in [1.54, 1.807) is 0 Å². The Hall–Kier alpha value is -2.43. The Labute approximate surface area is 161 Å². The molecule has 0 saturated carbocycles. The highest BCUT2D eigenvalue weighted by Gasteiger charge is 2.46. The van der Waals surface area contributed by atoms with Gasteiger partial charge in [-0.25, -0.2) is 9.97 Å². The summed E-state index contributed by atoms with van der Waals surface area (Å²) in [6, 6.07) is 12.2. The molecule has 5 nitrogen and oxygen atoms in total. The number of anilines is 1. The molecule has 1 atom stereocenters. The van der Waals surface area contributed by atoms with E-state index in [9.17, 15) is 4.79 Å². The average molecular weight is 364 g/mol. The van der Waals surface area contributed by atoms with Crippen LogP contribution in [0.15, 0.2) is 36.4 Å². The van der Waals surface area contributed by atoms with Crippen molar-refractivity contribution in [2.45, 2.75) is 57.4 Å². The number of carbonyl (C=O) groups is 1. The number of rotatable bonds is 4. The van der Waals surface area contributed by atoms with Gasteiger partial charge in [-0.15, -0.1) is 0 Å². The second kappa shape index (κ2) is 7.29. The van der Waals surface area contributed by atoms with Crippen LogP contribution >= 0.6 is 0 Å². The third-order valence-electron chi connectivity index (χ3n) is 5.91. The van der Waals surface area contributed by atoms with Crippen LogP contribution in [0.3, 0.4) is 0 Å². The fourth-order valence-electron chi connectivity index (χ4n) is 4.44. The summed E-state index contributed by atoms with van der Waals surface area (Å²) >= 11 is 0. The summed E-state index contributed by atoms with van der Waals surface area (Å²) < 4.78 is 0. The van der Waals surface area contributed by atoms with Crippen LogP contribution in [-0.2, 0) is 11.2 Å². The minimum absolute atomic E-state index is 0.0183. The molecule has 0 aliphatic carbocycles. The molecule has 1 unspecified atom stereocenters. The summed E-state index contributed by atoms with van der Waals surface area (Å²) in [5.74, 6) is 2.13. The number of benzene rings is 1. The number of hydrogen-bond donors (Lipinski definition) is 1. The molecule has 1 spiro atoms. The average Bonchev–Trinajstić information content (AvgIpc) is 2.99. The van der Waals surface area contributed by atoms with Crippen LogP contribution in [0.4, 0.5) is 5.82 Å². The molecule has 2 aliphatic rings. The van der Waals surface area contributed by atoms with Crippen LogP contribution < -0.4 is 10.2 Å². The first-order chi connectivity index (χ1) is 13.1. The molecule has 5 heteroatoms. The van der Waals surface area contributed by atoms with E-state index in [0.29, 0.717) is 0 Å². The maximum atomic E-state index is 12.6. The Bertz CT molecular complexity index is 812. The topological polar surface area (TPSA) is 58.1 Å². The summed E-state index contributed by atoms with van der Waals surface area (Å²) in [7, 11) is 0. The summed E-state index contributed by atoms with van der Waals surface area (Å²) in [5.41, 5.74) is 2.09. The molecule has 27 heavy (non-hydrogen) atoms. The van der Waals surface area contributed by atoms with Crippen molar-refractivity contribution in [1.29, 1.82) is 0 Å². The monoisotopic (exact) mass is 364 g/mol. The number of hydrogen-bond acceptors (Lipinski definition) is 4. The molecule has 2 saturated heterocycles. The second-order valence-corrected chi connectivity index (χ2v) is 7.96. The predicted molar refractivity (Wildman–Crippen MR) is 107 cm³/mol. The Balaban J connectivity index is 1.46. The Kier molecular flexibility index (Phi) is 4.85. The van der Waals surface area contributed by atoms with Crippen LogP contribution in [0.25, 0.3) is 0 Å². The van der Waals surface area contributed by atoms with Crippen LogP contribution in [-0.4, -0.2) is 34.5 Å². The van der Waals surface area contributed by atoms with Gasteiger partial charge in [0, 0.05) is 36.8 Å². The van der Waals surface area contributed by atoms with Crippen LogP contribution in [0.1, 0.15) is 55.6 Å². The van der Waals surface area contributed by atoms with Gasteiger partial charge in [-0.05, 0) is 38.2 Å². The van der Waals surface area contributed by atoms with Crippen molar-refractivity contribution in [2.75, 3.05) is 18.0 Å². The number of nitrogens with zero attached hydrogens (tertiary/aromatic N) is 3. The molecular weight excluding hydrogens is 336 g/mol. The fraction of sp³-hybridized carbons (Fsp3) is 0.500. The van der Waals surface area contributed by atoms with E-state index in [1.165, 1.54) is 0 Å². The molecule has 1 N–H and O–H groups in total. The highest BCUT2D eigenvalue weighted by atomic mass is 16.2. The molecule has 4 rings (SSSR count). The van der Waals surface area contributed by atoms with Gasteiger partial charge in [0.2, 0.25) is 5.91 Å². The predicted octanol–water partition coefficient (Wildman–Crippen LogP) is 3.38. The van der Waals surface area contributed by atoms with Gasteiger partial charge in [0.15, 0.2) is 0 Å². The van der Waals surface area contributed by atoms with Gasteiger partial charge >= 0.3 is 0 Å². The van der Waals surface area contributed by atoms with Gasteiger partial charge < -0.3 is 10.2 Å². The third-order valence-corrected chi connectivity index (χ3v) is 5.91. The van der Waals surface area contributed by atoms with E-state index in [-0.39, 0.29) is 17.4 Å². The molecule has 2 aliphatic heterocycles. The highest BCUT2D eigenvalue weighted by Crippen LogP contribution is 2.39. The minimum Gasteiger partial charge on any atom is -0.356 e. The van der Waals surface area contributed by atoms with Crippen LogP contribution in [0.2, 0.25) is 0 Å². The molecule has 1 aromatic carbocycles. The molecule has 1 aromatic heterocycles. The number of aryl methyl sites for hydroxylation is 2. The molecule has 0 bridgehead atoms. The van der Waals surface area contributed by atoms with E-state index < -0.39 is 0 Å². The Morgan fingerprint density at radius 2 is 1.93 bits per heavy atom. The number of carbonyl (C=O) groups excluding carboxylic acids is 1. The quantitative estimate of drug-likeness (QED) is 0.904. The van der Waals surface area contributed by atoms with E-state index >= 15 is 0 Å². The summed E-state index contributed by atoms with van der Waals surface area (Å²) in [4.78, 5) is 24.3. The Morgan fingerprint density at radius 1 is 1.19 bits per heavy atom. The summed E-state index contributed by atoms with van der Waals surface area (Å²) in [6.07, 6.45) is 4.80. The van der Waals surface area contributed by atoms with Gasteiger partial charge in [-0.2, -0.15) is 0 Å². The van der Waals surface area contributed by atoms with E-state index in [2.05, 4.69) is 40.3 Å². The molecule has 2 fully saturated rings. The molecule has 0 radical (unpaired) electrons. The Morgan fingerprint density at radius 3 is 2.63 bits per heavy atom. The second-order valence-electron chi connectivity index (χ2n) is 7.96. The van der Waals surface area contributed by atoms with Gasteiger partial charge in [0.05, 0.1) is 5.92 Å². The van der Waals surface area contributed by atoms with E-state index in [1.807, 2.05) is 25.1 Å². The maximum Gasteiger partial charge on any atom is 0.228 e. The number of amides is 1. The van der Waals surface area contributed by atoms with Crippen molar-refractivity contribution >= 4 is 11.7 Å². The number of nitrogens with one attached hydrogen (secondary N) is 1. The zero-order chi connectivity index (χ0) is 18.9. The first-order valence-corrected chi connectivity index (χ1v) is 10.0. The first kappa shape index (κ1) is 18.0. The lowest BCUT2D eigenvalue weighted by atomic mass is 9.82. The van der Waals surface area contributed by atoms with Crippen molar-refractivity contribution < 1.29 is 4.79 Å². The molecule has 142 valence electrons. The minimum atomic E-state index is -0.0670. The molecular formula is C22H28N4O. The van der Waals surface area contributed by atoms with Crippen molar-refractivity contribution in [3.8, 4) is 0 Å². The SMILES string of the molecule is CCCc1nc(C)cc(N2CCC3(CC2)CC(c2ccccc2)C(=O)N3)n1. The van der Waals surface area contributed by atoms with Gasteiger partial charge in [-0.1, -0.05) is 37.3 Å². The number of aromatic nitrogens is 2. The van der Waals surface area contributed by atoms with Crippen LogP contribution in [0, 0.1) is 6.92 Å². The summed E-state index contributed by atoms with van der Waals surface area (Å²) in [5, 5.41) is 3.33. The zero-order valence-electron chi connectivity index (χ0n) is 16.2. The zero-order valence-corrected chi connectivity index (χ0v) is 16.2. The lowest BCUT2D eigenvalue weighted by Crippen LogP contribution is -2.51. The van der Waals surface area contributed by atoms with Crippen molar-refractivity contribution in [3.63, 3.8) is 0 Å². The van der Waals surface area contributed by atoms with Crippen LogP contribution in [0.5, 0.6) is 0 Å². The van der Waals surface area contributed by atoms with E-state index in [4.69, 9.17) is 4.98 Å². The largest absolute Gasteiger partial charge is 0.356 e. The summed E-state index contributed by atoms with van der Waals surface area (Å²) in [6.45, 7) is 6.03. The first-order valence-electron chi connectivity index (χ1n) is 10.0. The van der Waals surface area contributed by atoms with Gasteiger partial charge in [0.1, 0.15) is 11.6 Å². The lowest BCUT2D eigenvalue weighted by Gasteiger charge is -2.40. The molecule has 1 amide bonds. The maximum absolute atomic E-state index is 12.6. The van der Waals surface area contributed by atoms with Crippen molar-refractivity contribution in [2.24, 2.45) is 0 Å². The smallest absolute Gasteiger partial charge is 0.228 e. The fourth-order valence-corrected chi connectivity index (χ4v) is 4.44. The highest BCUT2D eigenvalue weighted by molar-refractivity contribution is 5.87. The normalized spacial score (nSPS) is 21.5. The van der Waals surface area contributed by atoms with E-state index in [0.717, 1.165) is 68.1 Å². The van der Waals surface area contributed by atoms with Crippen molar-refractivity contribution in [1.82, 2.24) is 15.3 Å². The lowest BCUT2D eigenvalue weighted by molar-refractivity contribution is -0.121. The van der Waals surface area contributed by atoms with Gasteiger partial charge in [0.25, 0.3) is 0 Å². The molecule has 3 heterocycles. The molecule has 2 aromatic rings. The van der Waals surface area contributed by atoms with Gasteiger partial charge in [-0.3, -0.25) is 4.79 Å².